The molecule has 4 rings (SSSR count). The first-order valence-electron chi connectivity index (χ1n) is 10.1. The zero-order chi connectivity index (χ0) is 22.9. The molecule has 0 unspecified atom stereocenters. The van der Waals surface area contributed by atoms with Gasteiger partial charge in [0.25, 0.3) is 0 Å². The van der Waals surface area contributed by atoms with Crippen molar-refractivity contribution in [2.75, 3.05) is 18.0 Å². The quantitative estimate of drug-likeness (QED) is 0.478. The molecule has 166 valence electrons. The molecule has 3 aromatic rings. The summed E-state index contributed by atoms with van der Waals surface area (Å²) in [5.41, 5.74) is 3.37. The molecular formula is C24H22BrFN2O3S. The topological polar surface area (TPSA) is 57.7 Å². The van der Waals surface area contributed by atoms with E-state index in [1.165, 1.54) is 36.4 Å². The number of anilines is 1. The number of benzene rings is 3. The number of aryl methyl sites for hydroxylation is 1. The molecule has 3 aromatic carbocycles. The predicted molar refractivity (Wildman–Crippen MR) is 125 cm³/mol. The summed E-state index contributed by atoms with van der Waals surface area (Å²) in [5, 5.41) is 0. The van der Waals surface area contributed by atoms with Crippen LogP contribution in [-0.2, 0) is 27.8 Å². The maximum atomic E-state index is 13.4. The molecular weight excluding hydrogens is 495 g/mol. The zero-order valence-corrected chi connectivity index (χ0v) is 19.9. The van der Waals surface area contributed by atoms with Crippen LogP contribution in [0.15, 0.2) is 76.1 Å². The van der Waals surface area contributed by atoms with Crippen LogP contribution in [0, 0.1) is 12.7 Å². The van der Waals surface area contributed by atoms with Gasteiger partial charge in [-0.1, -0.05) is 45.8 Å². The van der Waals surface area contributed by atoms with Gasteiger partial charge in [0.2, 0.25) is 15.9 Å². The molecule has 1 heterocycles. The van der Waals surface area contributed by atoms with Crippen molar-refractivity contribution in [2.45, 2.75) is 24.8 Å². The summed E-state index contributed by atoms with van der Waals surface area (Å²) in [4.78, 5) is 15.0. The van der Waals surface area contributed by atoms with Gasteiger partial charge < -0.3 is 4.90 Å². The molecule has 0 fully saturated rings. The number of halogens is 2. The predicted octanol–water partition coefficient (Wildman–Crippen LogP) is 4.68. The van der Waals surface area contributed by atoms with Crippen LogP contribution in [0.1, 0.15) is 16.7 Å². The Labute approximate surface area is 195 Å². The third-order valence-electron chi connectivity index (χ3n) is 5.48. The second-order valence-corrected chi connectivity index (χ2v) is 10.6. The highest BCUT2D eigenvalue weighted by Gasteiger charge is 2.31. The van der Waals surface area contributed by atoms with Gasteiger partial charge in [0, 0.05) is 23.2 Å². The fourth-order valence-electron chi connectivity index (χ4n) is 3.74. The van der Waals surface area contributed by atoms with E-state index in [9.17, 15) is 17.6 Å². The summed E-state index contributed by atoms with van der Waals surface area (Å²) < 4.78 is 42.3. The molecule has 1 amide bonds. The third-order valence-corrected chi connectivity index (χ3v) is 7.78. The van der Waals surface area contributed by atoms with Crippen molar-refractivity contribution in [3.05, 3.63) is 93.7 Å². The third kappa shape index (κ3) is 4.77. The Morgan fingerprint density at radius 1 is 1.06 bits per heavy atom. The van der Waals surface area contributed by atoms with Crippen molar-refractivity contribution in [1.29, 1.82) is 0 Å². The van der Waals surface area contributed by atoms with Gasteiger partial charge in [0.15, 0.2) is 0 Å². The first-order chi connectivity index (χ1) is 15.2. The van der Waals surface area contributed by atoms with Gasteiger partial charge in [0.05, 0.1) is 11.4 Å². The minimum Gasteiger partial charge on any atom is -0.311 e. The van der Waals surface area contributed by atoms with E-state index < -0.39 is 15.8 Å². The van der Waals surface area contributed by atoms with Crippen molar-refractivity contribution < 1.29 is 17.6 Å². The average Bonchev–Trinajstić information content (AvgIpc) is 3.18. The number of hydrogen-bond acceptors (Lipinski definition) is 3. The summed E-state index contributed by atoms with van der Waals surface area (Å²) in [6.45, 7) is 2.02. The van der Waals surface area contributed by atoms with Gasteiger partial charge in [-0.3, -0.25) is 4.79 Å². The van der Waals surface area contributed by atoms with Gasteiger partial charge in [-0.15, -0.1) is 0 Å². The molecule has 0 atom stereocenters. The summed E-state index contributed by atoms with van der Waals surface area (Å²) >= 11 is 3.44. The van der Waals surface area contributed by atoms with E-state index in [1.807, 2.05) is 25.1 Å². The van der Waals surface area contributed by atoms with Crippen LogP contribution in [0.25, 0.3) is 0 Å². The second kappa shape index (κ2) is 9.13. The van der Waals surface area contributed by atoms with Gasteiger partial charge in [-0.25, -0.2) is 12.8 Å². The lowest BCUT2D eigenvalue weighted by Gasteiger charge is -2.25. The molecule has 1 aliphatic heterocycles. The van der Waals surface area contributed by atoms with E-state index in [-0.39, 0.29) is 23.9 Å². The SMILES string of the molecule is Cc1ccc(S(=O)(=O)N(CC(=O)N2CCc3cc(Br)ccc32)Cc2ccc(F)cc2)cc1. The molecule has 1 aliphatic rings. The zero-order valence-electron chi connectivity index (χ0n) is 17.5. The molecule has 0 radical (unpaired) electrons. The van der Waals surface area contributed by atoms with Crippen LogP contribution in [0.4, 0.5) is 10.1 Å². The highest BCUT2D eigenvalue weighted by Crippen LogP contribution is 2.31. The number of nitrogens with zero attached hydrogens (tertiary/aromatic N) is 2. The summed E-state index contributed by atoms with van der Waals surface area (Å²) in [6.07, 6.45) is 0.711. The normalized spacial score (nSPS) is 13.4. The van der Waals surface area contributed by atoms with Crippen molar-refractivity contribution in [2.24, 2.45) is 0 Å². The highest BCUT2D eigenvalue weighted by atomic mass is 79.9. The Hall–Kier alpha value is -2.55. The van der Waals surface area contributed by atoms with Crippen molar-refractivity contribution in [1.82, 2.24) is 4.31 Å². The molecule has 5 nitrogen and oxygen atoms in total. The van der Waals surface area contributed by atoms with E-state index in [0.29, 0.717) is 18.5 Å². The van der Waals surface area contributed by atoms with E-state index >= 15 is 0 Å². The molecule has 0 saturated carbocycles. The second-order valence-electron chi connectivity index (χ2n) is 7.78. The van der Waals surface area contributed by atoms with Gasteiger partial charge >= 0.3 is 0 Å². The minimum atomic E-state index is -3.95. The van der Waals surface area contributed by atoms with E-state index in [0.717, 1.165) is 25.6 Å². The first kappa shape index (κ1) is 22.6. The molecule has 0 spiro atoms. The van der Waals surface area contributed by atoms with Crippen molar-refractivity contribution in [3.63, 3.8) is 0 Å². The molecule has 8 heteroatoms. The van der Waals surface area contributed by atoms with Crippen LogP contribution in [0.5, 0.6) is 0 Å². The lowest BCUT2D eigenvalue weighted by Crippen LogP contribution is -2.42. The smallest absolute Gasteiger partial charge is 0.243 e. The first-order valence-corrected chi connectivity index (χ1v) is 12.4. The Kier molecular flexibility index (Phi) is 6.46. The average molecular weight is 517 g/mol. The molecule has 0 bridgehead atoms. The molecule has 32 heavy (non-hydrogen) atoms. The minimum absolute atomic E-state index is 0.0384. The summed E-state index contributed by atoms with van der Waals surface area (Å²) in [6, 6.07) is 17.8. The van der Waals surface area contributed by atoms with Gasteiger partial charge in [-0.2, -0.15) is 4.31 Å². The molecule has 0 saturated heterocycles. The molecule has 0 N–H and O–H groups in total. The number of sulfonamides is 1. The van der Waals surface area contributed by atoms with Crippen LogP contribution >= 0.6 is 15.9 Å². The largest absolute Gasteiger partial charge is 0.311 e. The van der Waals surface area contributed by atoms with E-state index in [2.05, 4.69) is 15.9 Å². The number of carbonyl (C=O) groups is 1. The van der Waals surface area contributed by atoms with Gasteiger partial charge in [0.1, 0.15) is 5.82 Å². The number of carbonyl (C=O) groups excluding carboxylic acids is 1. The lowest BCUT2D eigenvalue weighted by atomic mass is 10.2. The fraction of sp³-hybridized carbons (Fsp3) is 0.208. The summed E-state index contributed by atoms with van der Waals surface area (Å²) in [5.74, 6) is -0.707. The molecule has 0 aliphatic carbocycles. The number of amides is 1. The standard InChI is InChI=1S/C24H22BrFN2O3S/c1-17-2-9-22(10-3-17)32(30,31)27(15-18-4-7-21(26)8-5-18)16-24(29)28-13-12-19-14-20(25)6-11-23(19)28/h2-11,14H,12-13,15-16H2,1H3. The Bertz CT molecular complexity index is 1250. The lowest BCUT2D eigenvalue weighted by molar-refractivity contribution is -0.118. The Balaban J connectivity index is 1.64. The van der Waals surface area contributed by atoms with E-state index in [4.69, 9.17) is 0 Å². The number of fused-ring (bicyclic) bond motifs is 1. The van der Waals surface area contributed by atoms with Crippen molar-refractivity contribution in [3.8, 4) is 0 Å². The maximum absolute atomic E-state index is 13.4. The summed E-state index contributed by atoms with van der Waals surface area (Å²) in [7, 11) is -3.95. The van der Waals surface area contributed by atoms with Crippen LogP contribution in [0.3, 0.4) is 0 Å². The van der Waals surface area contributed by atoms with Gasteiger partial charge in [-0.05, 0) is 66.9 Å². The van der Waals surface area contributed by atoms with Crippen LogP contribution < -0.4 is 4.90 Å². The molecule has 0 aromatic heterocycles. The number of rotatable bonds is 6. The Morgan fingerprint density at radius 3 is 2.44 bits per heavy atom. The maximum Gasteiger partial charge on any atom is 0.243 e. The van der Waals surface area contributed by atoms with Crippen molar-refractivity contribution >= 4 is 37.5 Å². The van der Waals surface area contributed by atoms with Crippen LogP contribution in [-0.4, -0.2) is 31.7 Å². The highest BCUT2D eigenvalue weighted by molar-refractivity contribution is 9.10. The van der Waals surface area contributed by atoms with Crippen LogP contribution in [0.2, 0.25) is 0 Å². The number of hydrogen-bond donors (Lipinski definition) is 0. The Morgan fingerprint density at radius 2 is 1.75 bits per heavy atom. The monoisotopic (exact) mass is 516 g/mol. The fourth-order valence-corrected chi connectivity index (χ4v) is 5.53. The van der Waals surface area contributed by atoms with E-state index in [1.54, 1.807) is 17.0 Å².